The van der Waals surface area contributed by atoms with Crippen LogP contribution in [0.4, 0.5) is 5.69 Å². The van der Waals surface area contributed by atoms with Crippen molar-refractivity contribution in [3.05, 3.63) is 29.8 Å². The van der Waals surface area contributed by atoms with Gasteiger partial charge in [-0.2, -0.15) is 0 Å². The van der Waals surface area contributed by atoms with Gasteiger partial charge in [0.25, 0.3) is 0 Å². The molecule has 0 aliphatic rings. The van der Waals surface area contributed by atoms with Gasteiger partial charge in [0.05, 0.1) is 0 Å². The Bertz CT molecular complexity index is 430. The molecule has 0 saturated heterocycles. The number of hydrogen-bond donors (Lipinski definition) is 2. The quantitative estimate of drug-likeness (QED) is 0.742. The highest BCUT2D eigenvalue weighted by molar-refractivity contribution is 5.91. The first kappa shape index (κ1) is 15.2. The van der Waals surface area contributed by atoms with E-state index in [1.807, 2.05) is 31.2 Å². The van der Waals surface area contributed by atoms with Gasteiger partial charge in [0.15, 0.2) is 0 Å². The van der Waals surface area contributed by atoms with Crippen molar-refractivity contribution in [3.8, 4) is 0 Å². The Morgan fingerprint density at radius 3 is 2.53 bits per heavy atom. The van der Waals surface area contributed by atoms with Crippen molar-refractivity contribution in [2.24, 2.45) is 0 Å². The lowest BCUT2D eigenvalue weighted by atomic mass is 10.1. The summed E-state index contributed by atoms with van der Waals surface area (Å²) >= 11 is 0. The maximum atomic E-state index is 11.7. The van der Waals surface area contributed by atoms with Crippen LogP contribution < -0.4 is 10.6 Å². The van der Waals surface area contributed by atoms with Crippen molar-refractivity contribution in [2.45, 2.75) is 39.5 Å². The van der Waals surface area contributed by atoms with E-state index in [9.17, 15) is 9.59 Å². The van der Waals surface area contributed by atoms with E-state index < -0.39 is 0 Å². The second-order valence-electron chi connectivity index (χ2n) is 4.66. The Hall–Kier alpha value is -1.84. The molecule has 1 aromatic carbocycles. The van der Waals surface area contributed by atoms with Gasteiger partial charge in [0.2, 0.25) is 11.8 Å². The van der Waals surface area contributed by atoms with Gasteiger partial charge in [-0.3, -0.25) is 9.59 Å². The van der Waals surface area contributed by atoms with Crippen molar-refractivity contribution in [3.63, 3.8) is 0 Å². The molecule has 0 atom stereocenters. The minimum atomic E-state index is -0.00250. The summed E-state index contributed by atoms with van der Waals surface area (Å²) in [5.41, 5.74) is 1.95. The number of amides is 2. The molecule has 0 unspecified atom stereocenters. The van der Waals surface area contributed by atoms with E-state index in [2.05, 4.69) is 10.6 Å². The van der Waals surface area contributed by atoms with Crippen molar-refractivity contribution in [1.82, 2.24) is 5.32 Å². The topological polar surface area (TPSA) is 58.2 Å². The maximum absolute atomic E-state index is 11.7. The van der Waals surface area contributed by atoms with Crippen molar-refractivity contribution in [1.29, 1.82) is 0 Å². The number of carbonyl (C=O) groups excluding carboxylic acids is 2. The molecule has 0 heterocycles. The van der Waals surface area contributed by atoms with Gasteiger partial charge in [-0.25, -0.2) is 0 Å². The number of aryl methyl sites for hydroxylation is 1. The highest BCUT2D eigenvalue weighted by atomic mass is 16.2. The van der Waals surface area contributed by atoms with Crippen LogP contribution in [0.3, 0.4) is 0 Å². The summed E-state index contributed by atoms with van der Waals surface area (Å²) in [7, 11) is 0. The van der Waals surface area contributed by atoms with Crippen LogP contribution in [-0.2, 0) is 9.59 Å². The van der Waals surface area contributed by atoms with Crippen LogP contribution in [0, 0.1) is 6.92 Å². The summed E-state index contributed by atoms with van der Waals surface area (Å²) in [5, 5.41) is 5.65. The van der Waals surface area contributed by atoms with Gasteiger partial charge in [0.1, 0.15) is 0 Å². The molecule has 1 aromatic rings. The number of rotatable bonds is 7. The van der Waals surface area contributed by atoms with Gasteiger partial charge < -0.3 is 10.6 Å². The van der Waals surface area contributed by atoms with Crippen LogP contribution in [0.15, 0.2) is 24.3 Å². The number of carbonyl (C=O) groups is 2. The number of hydrogen-bond acceptors (Lipinski definition) is 2. The minimum absolute atomic E-state index is 0.00250. The van der Waals surface area contributed by atoms with E-state index in [4.69, 9.17) is 0 Å². The zero-order valence-corrected chi connectivity index (χ0v) is 11.7. The third-order valence-electron chi connectivity index (χ3n) is 2.87. The molecule has 1 rings (SSSR count). The lowest BCUT2D eigenvalue weighted by molar-refractivity contribution is -0.119. The molecule has 2 amide bonds. The van der Waals surface area contributed by atoms with Gasteiger partial charge in [-0.1, -0.05) is 24.6 Å². The normalized spacial score (nSPS) is 10.0. The van der Waals surface area contributed by atoms with Crippen LogP contribution >= 0.6 is 0 Å². The van der Waals surface area contributed by atoms with Crippen LogP contribution in [0.1, 0.15) is 38.2 Å². The van der Waals surface area contributed by atoms with Crippen LogP contribution in [0.2, 0.25) is 0 Å². The molecule has 0 saturated carbocycles. The first-order valence-electron chi connectivity index (χ1n) is 6.69. The molecular formula is C15H22N2O2. The molecule has 0 fully saturated rings. The fourth-order valence-electron chi connectivity index (χ4n) is 1.78. The molecule has 0 radical (unpaired) electrons. The minimum Gasteiger partial charge on any atom is -0.356 e. The molecule has 19 heavy (non-hydrogen) atoms. The summed E-state index contributed by atoms with van der Waals surface area (Å²) in [6, 6.07) is 7.75. The smallest absolute Gasteiger partial charge is 0.224 e. The number of para-hydroxylation sites is 1. The Kier molecular flexibility index (Phi) is 6.64. The Balaban J connectivity index is 2.15. The molecule has 104 valence electrons. The summed E-state index contributed by atoms with van der Waals surface area (Å²) in [5.74, 6) is 0.0473. The number of unbranched alkanes of at least 4 members (excludes halogenated alkanes) is 2. The Labute approximate surface area is 114 Å². The molecule has 2 N–H and O–H groups in total. The fraction of sp³-hybridized carbons (Fsp3) is 0.467. The predicted molar refractivity (Wildman–Crippen MR) is 77.0 cm³/mol. The molecule has 4 heteroatoms. The SMILES string of the molecule is CC(=O)NCCCCCC(=O)Nc1ccccc1C. The summed E-state index contributed by atoms with van der Waals surface area (Å²) in [6.07, 6.45) is 3.23. The lowest BCUT2D eigenvalue weighted by Gasteiger charge is -2.08. The fourth-order valence-corrected chi connectivity index (χ4v) is 1.78. The maximum Gasteiger partial charge on any atom is 0.224 e. The monoisotopic (exact) mass is 262 g/mol. The molecule has 0 bridgehead atoms. The van der Waals surface area contributed by atoms with Crippen molar-refractivity contribution >= 4 is 17.5 Å². The van der Waals surface area contributed by atoms with Gasteiger partial charge in [0, 0.05) is 25.6 Å². The lowest BCUT2D eigenvalue weighted by Crippen LogP contribution is -2.20. The highest BCUT2D eigenvalue weighted by Crippen LogP contribution is 2.13. The summed E-state index contributed by atoms with van der Waals surface area (Å²) in [6.45, 7) is 4.17. The van der Waals surface area contributed by atoms with Crippen molar-refractivity contribution in [2.75, 3.05) is 11.9 Å². The molecule has 4 nitrogen and oxygen atoms in total. The standard InChI is InChI=1S/C15H22N2O2/c1-12-8-5-6-9-14(12)17-15(19)10-4-3-7-11-16-13(2)18/h5-6,8-9H,3-4,7,10-11H2,1-2H3,(H,16,18)(H,17,19). The third kappa shape index (κ3) is 6.60. The largest absolute Gasteiger partial charge is 0.356 e. The van der Waals surface area contributed by atoms with E-state index in [0.717, 1.165) is 30.5 Å². The van der Waals surface area contributed by atoms with Gasteiger partial charge in [-0.15, -0.1) is 0 Å². The molecule has 0 aliphatic heterocycles. The van der Waals surface area contributed by atoms with E-state index in [1.54, 1.807) is 0 Å². The zero-order valence-electron chi connectivity index (χ0n) is 11.7. The third-order valence-corrected chi connectivity index (χ3v) is 2.87. The molecule has 0 aliphatic carbocycles. The highest BCUT2D eigenvalue weighted by Gasteiger charge is 2.03. The average molecular weight is 262 g/mol. The Morgan fingerprint density at radius 2 is 1.84 bits per heavy atom. The molecular weight excluding hydrogens is 240 g/mol. The van der Waals surface area contributed by atoms with E-state index in [0.29, 0.717) is 13.0 Å². The summed E-state index contributed by atoms with van der Waals surface area (Å²) < 4.78 is 0. The number of benzene rings is 1. The van der Waals surface area contributed by atoms with E-state index in [-0.39, 0.29) is 11.8 Å². The van der Waals surface area contributed by atoms with Crippen LogP contribution in [0.5, 0.6) is 0 Å². The van der Waals surface area contributed by atoms with E-state index >= 15 is 0 Å². The first-order valence-corrected chi connectivity index (χ1v) is 6.69. The second-order valence-corrected chi connectivity index (χ2v) is 4.66. The first-order chi connectivity index (χ1) is 9.09. The summed E-state index contributed by atoms with van der Waals surface area (Å²) in [4.78, 5) is 22.4. The second kappa shape index (κ2) is 8.29. The average Bonchev–Trinajstić information content (AvgIpc) is 2.36. The number of nitrogens with one attached hydrogen (secondary N) is 2. The predicted octanol–water partition coefficient (Wildman–Crippen LogP) is 2.63. The van der Waals surface area contributed by atoms with Crippen LogP contribution in [-0.4, -0.2) is 18.4 Å². The van der Waals surface area contributed by atoms with Gasteiger partial charge >= 0.3 is 0 Å². The molecule has 0 spiro atoms. The van der Waals surface area contributed by atoms with Crippen LogP contribution in [0.25, 0.3) is 0 Å². The van der Waals surface area contributed by atoms with E-state index in [1.165, 1.54) is 6.92 Å². The Morgan fingerprint density at radius 1 is 1.11 bits per heavy atom. The zero-order chi connectivity index (χ0) is 14.1. The van der Waals surface area contributed by atoms with Gasteiger partial charge in [-0.05, 0) is 31.4 Å². The number of anilines is 1. The molecule has 0 aromatic heterocycles. The van der Waals surface area contributed by atoms with Crippen molar-refractivity contribution < 1.29 is 9.59 Å².